The van der Waals surface area contributed by atoms with Crippen LogP contribution in [0.25, 0.3) is 11.8 Å². The minimum atomic E-state index is -0.489. The molecule has 4 rings (SSSR count). The van der Waals surface area contributed by atoms with Crippen LogP contribution < -0.4 is 0 Å². The lowest BCUT2D eigenvalue weighted by atomic mass is 10.1. The van der Waals surface area contributed by atoms with E-state index in [4.69, 9.17) is 0 Å². The van der Waals surface area contributed by atoms with Crippen LogP contribution in [-0.4, -0.2) is 56.0 Å². The molecule has 0 radical (unpaired) electrons. The van der Waals surface area contributed by atoms with Crippen molar-refractivity contribution in [1.82, 2.24) is 14.4 Å². The second kappa shape index (κ2) is 8.76. The molecular formula is C21H20N4O5S. The van der Waals surface area contributed by atoms with E-state index in [0.717, 1.165) is 35.9 Å². The van der Waals surface area contributed by atoms with E-state index in [-0.39, 0.29) is 23.0 Å². The molecule has 0 spiro atoms. The highest BCUT2D eigenvalue weighted by Crippen LogP contribution is 2.33. The lowest BCUT2D eigenvalue weighted by molar-refractivity contribution is -0.384. The Morgan fingerprint density at radius 2 is 1.81 bits per heavy atom. The number of amides is 3. The van der Waals surface area contributed by atoms with Gasteiger partial charge in [-0.15, -0.1) is 0 Å². The highest BCUT2D eigenvalue weighted by atomic mass is 32.2. The highest BCUT2D eigenvalue weighted by molar-refractivity contribution is 8.18. The van der Waals surface area contributed by atoms with Gasteiger partial charge in [-0.25, -0.2) is 0 Å². The van der Waals surface area contributed by atoms with Crippen LogP contribution in [0.5, 0.6) is 0 Å². The van der Waals surface area contributed by atoms with Crippen molar-refractivity contribution in [2.75, 3.05) is 19.6 Å². The van der Waals surface area contributed by atoms with Gasteiger partial charge in [0.05, 0.1) is 9.83 Å². The molecule has 1 aromatic heterocycles. The van der Waals surface area contributed by atoms with Crippen LogP contribution in [0, 0.1) is 10.1 Å². The molecule has 2 fully saturated rings. The largest absolute Gasteiger partial charge is 0.341 e. The van der Waals surface area contributed by atoms with Gasteiger partial charge in [0.2, 0.25) is 5.91 Å². The van der Waals surface area contributed by atoms with Crippen molar-refractivity contribution in [3.05, 3.63) is 63.3 Å². The molecular weight excluding hydrogens is 420 g/mol. The topological polar surface area (TPSA) is 106 Å². The predicted molar refractivity (Wildman–Crippen MR) is 116 cm³/mol. The summed E-state index contributed by atoms with van der Waals surface area (Å²) in [6.45, 7) is 1.08. The number of likely N-dealkylation sites (tertiary alicyclic amines) is 1. The highest BCUT2D eigenvalue weighted by Gasteiger charge is 2.37. The summed E-state index contributed by atoms with van der Waals surface area (Å²) >= 11 is 0.804. The van der Waals surface area contributed by atoms with Gasteiger partial charge in [0, 0.05) is 42.8 Å². The average molecular weight is 440 g/mol. The number of imide groups is 1. The van der Waals surface area contributed by atoms with E-state index in [1.165, 1.54) is 12.1 Å². The molecule has 160 valence electrons. The monoisotopic (exact) mass is 440 g/mol. The van der Waals surface area contributed by atoms with Crippen molar-refractivity contribution in [2.45, 2.75) is 19.3 Å². The van der Waals surface area contributed by atoms with Crippen molar-refractivity contribution < 1.29 is 19.3 Å². The van der Waals surface area contributed by atoms with Crippen LogP contribution in [0.15, 0.2) is 47.5 Å². The standard InChI is InChI=1S/C21H20N4O5S/c26-19(22-10-2-1-3-11-22)14-24-20(27)18(31-21(24)28)13-17-5-4-12-23(17)15-6-8-16(9-7-15)25(29)30/h4-9,12-13H,1-3,10-11,14H2. The average Bonchev–Trinajstić information content (AvgIpc) is 3.34. The fourth-order valence-electron chi connectivity index (χ4n) is 3.63. The molecule has 3 amide bonds. The van der Waals surface area contributed by atoms with Gasteiger partial charge in [-0.1, -0.05) is 0 Å². The first-order valence-electron chi connectivity index (χ1n) is 9.89. The maximum Gasteiger partial charge on any atom is 0.294 e. The zero-order valence-corrected chi connectivity index (χ0v) is 17.4. The zero-order chi connectivity index (χ0) is 22.0. The van der Waals surface area contributed by atoms with Crippen LogP contribution in [-0.2, 0) is 9.59 Å². The number of benzene rings is 1. The minimum Gasteiger partial charge on any atom is -0.341 e. The van der Waals surface area contributed by atoms with Gasteiger partial charge >= 0.3 is 0 Å². The van der Waals surface area contributed by atoms with E-state index in [0.29, 0.717) is 24.5 Å². The van der Waals surface area contributed by atoms with Crippen molar-refractivity contribution in [3.8, 4) is 5.69 Å². The van der Waals surface area contributed by atoms with Gasteiger partial charge in [0.1, 0.15) is 6.54 Å². The fourth-order valence-corrected chi connectivity index (χ4v) is 4.45. The summed E-state index contributed by atoms with van der Waals surface area (Å²) in [6.07, 6.45) is 6.32. The molecule has 2 saturated heterocycles. The van der Waals surface area contributed by atoms with Gasteiger partial charge < -0.3 is 9.47 Å². The lowest BCUT2D eigenvalue weighted by Gasteiger charge is -2.27. The Hall–Kier alpha value is -3.40. The first kappa shape index (κ1) is 20.9. The molecule has 3 heterocycles. The summed E-state index contributed by atoms with van der Waals surface area (Å²) in [5, 5.41) is 10.4. The fraction of sp³-hybridized carbons (Fsp3) is 0.286. The van der Waals surface area contributed by atoms with E-state index < -0.39 is 16.1 Å². The van der Waals surface area contributed by atoms with Gasteiger partial charge in [-0.2, -0.15) is 0 Å². The number of hydrogen-bond donors (Lipinski definition) is 0. The number of nitro benzene ring substituents is 1. The van der Waals surface area contributed by atoms with Gasteiger partial charge in [0.25, 0.3) is 16.8 Å². The van der Waals surface area contributed by atoms with E-state index in [2.05, 4.69) is 0 Å². The SMILES string of the molecule is O=C(CN1C(=O)SC(=Cc2cccn2-c2ccc([N+](=O)[O-])cc2)C1=O)N1CCCCC1. The second-order valence-electron chi connectivity index (χ2n) is 7.29. The summed E-state index contributed by atoms with van der Waals surface area (Å²) in [7, 11) is 0. The minimum absolute atomic E-state index is 0.0167. The number of thioether (sulfide) groups is 1. The van der Waals surface area contributed by atoms with Crippen molar-refractivity contribution >= 4 is 40.6 Å². The van der Waals surface area contributed by atoms with Crippen LogP contribution in [0.1, 0.15) is 25.0 Å². The number of nitrogens with zero attached hydrogens (tertiary/aromatic N) is 4. The molecule has 9 nitrogen and oxygen atoms in total. The summed E-state index contributed by atoms with van der Waals surface area (Å²) < 4.78 is 1.76. The molecule has 1 aromatic carbocycles. The Kier molecular flexibility index (Phi) is 5.90. The molecule has 0 aliphatic carbocycles. The Labute approximate surface area is 182 Å². The first-order chi connectivity index (χ1) is 14.9. The molecule has 2 aliphatic rings. The number of nitro groups is 1. The molecule has 0 N–H and O–H groups in total. The molecule has 31 heavy (non-hydrogen) atoms. The number of piperidine rings is 1. The van der Waals surface area contributed by atoms with Crippen LogP contribution in [0.4, 0.5) is 10.5 Å². The van der Waals surface area contributed by atoms with E-state index in [1.807, 2.05) is 0 Å². The van der Waals surface area contributed by atoms with Crippen LogP contribution in [0.3, 0.4) is 0 Å². The maximum absolute atomic E-state index is 12.8. The van der Waals surface area contributed by atoms with Crippen LogP contribution >= 0.6 is 11.8 Å². The van der Waals surface area contributed by atoms with Gasteiger partial charge in [-0.05, 0) is 61.4 Å². The number of rotatable bonds is 5. The quantitative estimate of drug-likeness (QED) is 0.401. The predicted octanol–water partition coefficient (Wildman–Crippen LogP) is 3.43. The van der Waals surface area contributed by atoms with Gasteiger partial charge in [-0.3, -0.25) is 29.4 Å². The summed E-state index contributed by atoms with van der Waals surface area (Å²) in [5.41, 5.74) is 1.31. The normalized spacial score (nSPS) is 18.1. The third kappa shape index (κ3) is 4.38. The first-order valence-corrected chi connectivity index (χ1v) is 10.7. The molecule has 2 aromatic rings. The smallest absolute Gasteiger partial charge is 0.294 e. The number of non-ortho nitro benzene ring substituents is 1. The van der Waals surface area contributed by atoms with Crippen LogP contribution in [0.2, 0.25) is 0 Å². The molecule has 0 atom stereocenters. The van der Waals surface area contributed by atoms with E-state index in [9.17, 15) is 24.5 Å². The molecule has 0 unspecified atom stereocenters. The molecule has 0 saturated carbocycles. The maximum atomic E-state index is 12.8. The summed E-state index contributed by atoms with van der Waals surface area (Å²) in [6, 6.07) is 9.57. The number of carbonyl (C=O) groups excluding carboxylic acids is 3. The van der Waals surface area contributed by atoms with E-state index in [1.54, 1.807) is 46.0 Å². The summed E-state index contributed by atoms with van der Waals surface area (Å²) in [4.78, 5) is 51.0. The van der Waals surface area contributed by atoms with Crippen molar-refractivity contribution in [3.63, 3.8) is 0 Å². The van der Waals surface area contributed by atoms with Gasteiger partial charge in [0.15, 0.2) is 0 Å². The molecule has 10 heteroatoms. The van der Waals surface area contributed by atoms with Crippen molar-refractivity contribution in [2.24, 2.45) is 0 Å². The second-order valence-corrected chi connectivity index (χ2v) is 8.28. The Morgan fingerprint density at radius 1 is 1.10 bits per heavy atom. The Balaban J connectivity index is 1.52. The number of aromatic nitrogens is 1. The molecule has 2 aliphatic heterocycles. The Morgan fingerprint density at radius 3 is 2.48 bits per heavy atom. The third-order valence-corrected chi connectivity index (χ3v) is 6.18. The number of hydrogen-bond acceptors (Lipinski definition) is 6. The van der Waals surface area contributed by atoms with E-state index >= 15 is 0 Å². The molecule has 0 bridgehead atoms. The lowest BCUT2D eigenvalue weighted by Crippen LogP contribution is -2.44. The number of carbonyl (C=O) groups is 3. The Bertz CT molecular complexity index is 1070. The third-order valence-electron chi connectivity index (χ3n) is 5.27. The van der Waals surface area contributed by atoms with Crippen molar-refractivity contribution in [1.29, 1.82) is 0 Å². The zero-order valence-electron chi connectivity index (χ0n) is 16.6. The summed E-state index contributed by atoms with van der Waals surface area (Å²) in [5.74, 6) is -0.700.